The van der Waals surface area contributed by atoms with Crippen molar-refractivity contribution in [2.45, 2.75) is 37.4 Å². The van der Waals surface area contributed by atoms with Gasteiger partial charge in [-0.15, -0.1) is 24.0 Å². The van der Waals surface area contributed by atoms with Gasteiger partial charge in [-0.2, -0.15) is 0 Å². The number of thioether (sulfide) groups is 1. The number of hydrogen-bond acceptors (Lipinski definition) is 3. The fraction of sp³-hybridized carbons (Fsp3) is 0.412. The van der Waals surface area contributed by atoms with Crippen LogP contribution in [-0.4, -0.2) is 27.8 Å². The van der Waals surface area contributed by atoms with Crippen molar-refractivity contribution in [2.75, 3.05) is 17.6 Å². The monoisotopic (exact) mass is 455 g/mol. The van der Waals surface area contributed by atoms with E-state index in [-0.39, 0.29) is 24.0 Å². The number of halogens is 1. The fourth-order valence-corrected chi connectivity index (χ4v) is 4.17. The van der Waals surface area contributed by atoms with Gasteiger partial charge >= 0.3 is 0 Å². The third-order valence-corrected chi connectivity index (χ3v) is 5.34. The summed E-state index contributed by atoms with van der Waals surface area (Å²) in [4.78, 5) is 9.02. The maximum atomic E-state index is 6.00. The first-order valence-corrected chi connectivity index (χ1v) is 9.14. The van der Waals surface area contributed by atoms with E-state index >= 15 is 0 Å². The molecule has 1 aromatic heterocycles. The molecule has 1 aliphatic carbocycles. The average Bonchev–Trinajstić information content (AvgIpc) is 3.21. The lowest BCUT2D eigenvalue weighted by Crippen LogP contribution is -2.23. The molecule has 24 heavy (non-hydrogen) atoms. The number of aromatic nitrogens is 2. The molecule has 0 unspecified atom stereocenters. The number of benzene rings is 1. The lowest BCUT2D eigenvalue weighted by atomic mass is 10.1. The lowest BCUT2D eigenvalue weighted by molar-refractivity contribution is 0.719. The second-order valence-electron chi connectivity index (χ2n) is 6.04. The summed E-state index contributed by atoms with van der Waals surface area (Å²) < 4.78 is 2.22. The van der Waals surface area contributed by atoms with Crippen LogP contribution < -0.4 is 11.1 Å². The maximum absolute atomic E-state index is 6.00. The highest BCUT2D eigenvalue weighted by Gasteiger charge is 2.14. The highest BCUT2D eigenvalue weighted by molar-refractivity contribution is 14.0. The van der Waals surface area contributed by atoms with Crippen LogP contribution in [0.5, 0.6) is 0 Å². The quantitative estimate of drug-likeness (QED) is 0.423. The Labute approximate surface area is 163 Å². The first-order chi connectivity index (χ1) is 11.3. The highest BCUT2D eigenvalue weighted by Crippen LogP contribution is 2.25. The molecule has 2 heterocycles. The summed E-state index contributed by atoms with van der Waals surface area (Å²) in [6, 6.07) is 6.48. The molecule has 5 nitrogen and oxygen atoms in total. The van der Waals surface area contributed by atoms with Gasteiger partial charge in [0.2, 0.25) is 0 Å². The molecule has 0 amide bonds. The molecule has 4 rings (SSSR count). The Hall–Kier alpha value is -1.22. The van der Waals surface area contributed by atoms with Crippen LogP contribution in [0.1, 0.15) is 23.2 Å². The molecule has 128 valence electrons. The molecule has 0 bridgehead atoms. The number of aryl methyl sites for hydroxylation is 3. The van der Waals surface area contributed by atoms with Gasteiger partial charge in [0.1, 0.15) is 0 Å². The van der Waals surface area contributed by atoms with Crippen LogP contribution in [0.15, 0.2) is 34.5 Å². The third-order valence-electron chi connectivity index (χ3n) is 4.37. The number of anilines is 1. The minimum atomic E-state index is 0. The Kier molecular flexibility index (Phi) is 5.70. The Morgan fingerprint density at radius 2 is 2.21 bits per heavy atom. The molecule has 3 N–H and O–H groups in total. The number of hydrogen-bond donors (Lipinski definition) is 2. The number of aliphatic imine (C=N–C) groups is 1. The first-order valence-electron chi connectivity index (χ1n) is 8.15. The number of nitrogens with two attached hydrogens (primary N) is 1. The van der Waals surface area contributed by atoms with Crippen molar-refractivity contribution in [3.8, 4) is 0 Å². The van der Waals surface area contributed by atoms with E-state index in [2.05, 4.69) is 44.3 Å². The summed E-state index contributed by atoms with van der Waals surface area (Å²) in [5.74, 6) is 1.61. The van der Waals surface area contributed by atoms with Crippen molar-refractivity contribution >= 4 is 47.4 Å². The van der Waals surface area contributed by atoms with Gasteiger partial charge in [-0.1, -0.05) is 17.8 Å². The Bertz CT molecular complexity index is 734. The number of guanidine groups is 1. The zero-order valence-electron chi connectivity index (χ0n) is 13.5. The summed E-state index contributed by atoms with van der Waals surface area (Å²) in [5.41, 5.74) is 11.0. The van der Waals surface area contributed by atoms with Crippen LogP contribution in [0, 0.1) is 0 Å². The molecule has 0 saturated heterocycles. The topological polar surface area (TPSA) is 68.2 Å². The molecular formula is C17H22IN5S. The first kappa shape index (κ1) is 17.6. The molecule has 2 aromatic rings. The molecule has 0 atom stereocenters. The summed E-state index contributed by atoms with van der Waals surface area (Å²) in [7, 11) is 0. The van der Waals surface area contributed by atoms with Crippen molar-refractivity contribution in [3.05, 3.63) is 41.2 Å². The van der Waals surface area contributed by atoms with Gasteiger partial charge < -0.3 is 15.6 Å². The van der Waals surface area contributed by atoms with Crippen molar-refractivity contribution in [1.82, 2.24) is 9.55 Å². The smallest absolute Gasteiger partial charge is 0.193 e. The van der Waals surface area contributed by atoms with Gasteiger partial charge in [0.15, 0.2) is 11.1 Å². The second-order valence-corrected chi connectivity index (χ2v) is 7.10. The van der Waals surface area contributed by atoms with E-state index in [1.807, 2.05) is 11.8 Å². The van der Waals surface area contributed by atoms with Gasteiger partial charge in [0.05, 0.1) is 5.69 Å². The zero-order valence-corrected chi connectivity index (χ0v) is 16.6. The molecule has 2 aliphatic rings. The van der Waals surface area contributed by atoms with E-state index in [1.54, 1.807) is 0 Å². The van der Waals surface area contributed by atoms with Crippen molar-refractivity contribution in [2.24, 2.45) is 10.7 Å². The van der Waals surface area contributed by atoms with Crippen LogP contribution in [0.3, 0.4) is 0 Å². The minimum absolute atomic E-state index is 0. The van der Waals surface area contributed by atoms with Crippen molar-refractivity contribution < 1.29 is 0 Å². The van der Waals surface area contributed by atoms with E-state index in [0.29, 0.717) is 12.5 Å². The molecule has 7 heteroatoms. The highest BCUT2D eigenvalue weighted by atomic mass is 127. The van der Waals surface area contributed by atoms with Crippen molar-refractivity contribution in [1.29, 1.82) is 0 Å². The predicted octanol–water partition coefficient (Wildman–Crippen LogP) is 3.06. The fourth-order valence-electron chi connectivity index (χ4n) is 3.21. The predicted molar refractivity (Wildman–Crippen MR) is 111 cm³/mol. The van der Waals surface area contributed by atoms with Crippen LogP contribution in [0.4, 0.5) is 5.69 Å². The van der Waals surface area contributed by atoms with E-state index in [4.69, 9.17) is 5.73 Å². The molecule has 0 fully saturated rings. The van der Waals surface area contributed by atoms with E-state index in [1.165, 1.54) is 30.4 Å². The standard InChI is InChI=1S/C17H21N5S.HI/c18-16(20-14-5-4-12-2-1-3-13(12)10-14)19-7-6-15-11-22-8-9-23-17(22)21-15;/h4-5,10-11H,1-3,6-9H2,(H3,18,19,20);1H. The molecule has 0 spiro atoms. The number of rotatable bonds is 4. The lowest BCUT2D eigenvalue weighted by Gasteiger charge is -2.07. The van der Waals surface area contributed by atoms with Crippen LogP contribution in [0.2, 0.25) is 0 Å². The summed E-state index contributed by atoms with van der Waals surface area (Å²) in [6.07, 6.45) is 6.59. The van der Waals surface area contributed by atoms with Crippen molar-refractivity contribution in [3.63, 3.8) is 0 Å². The van der Waals surface area contributed by atoms with Crippen LogP contribution >= 0.6 is 35.7 Å². The number of imidazole rings is 1. The van der Waals surface area contributed by atoms with Crippen LogP contribution in [0.25, 0.3) is 0 Å². The molecule has 0 saturated carbocycles. The van der Waals surface area contributed by atoms with Gasteiger partial charge in [-0.3, -0.25) is 4.99 Å². The zero-order chi connectivity index (χ0) is 15.6. The SMILES string of the molecule is I.NC(=NCCc1cn2c(n1)SCC2)Nc1ccc2c(c1)CCC2. The third kappa shape index (κ3) is 3.88. The molecular weight excluding hydrogens is 433 g/mol. The largest absolute Gasteiger partial charge is 0.370 e. The number of nitrogens with zero attached hydrogens (tertiary/aromatic N) is 3. The summed E-state index contributed by atoms with van der Waals surface area (Å²) in [6.45, 7) is 1.73. The summed E-state index contributed by atoms with van der Waals surface area (Å²) >= 11 is 1.82. The normalized spacial score (nSPS) is 15.8. The summed E-state index contributed by atoms with van der Waals surface area (Å²) in [5, 5.41) is 4.33. The van der Waals surface area contributed by atoms with Crippen LogP contribution in [-0.2, 0) is 25.8 Å². The number of nitrogens with one attached hydrogen (secondary N) is 1. The minimum Gasteiger partial charge on any atom is -0.370 e. The molecule has 1 aromatic carbocycles. The molecule has 1 aliphatic heterocycles. The van der Waals surface area contributed by atoms with Gasteiger partial charge in [-0.25, -0.2) is 4.98 Å². The van der Waals surface area contributed by atoms with Gasteiger partial charge in [0, 0.05) is 37.1 Å². The Morgan fingerprint density at radius 1 is 1.33 bits per heavy atom. The van der Waals surface area contributed by atoms with E-state index in [0.717, 1.165) is 35.3 Å². The van der Waals surface area contributed by atoms with Gasteiger partial charge in [0.25, 0.3) is 0 Å². The molecule has 0 radical (unpaired) electrons. The maximum Gasteiger partial charge on any atom is 0.193 e. The van der Waals surface area contributed by atoms with E-state index < -0.39 is 0 Å². The number of fused-ring (bicyclic) bond motifs is 2. The average molecular weight is 455 g/mol. The van der Waals surface area contributed by atoms with E-state index in [9.17, 15) is 0 Å². The Morgan fingerprint density at radius 3 is 3.08 bits per heavy atom. The Balaban J connectivity index is 0.00000169. The second kappa shape index (κ2) is 7.77. The van der Waals surface area contributed by atoms with Gasteiger partial charge in [-0.05, 0) is 42.5 Å².